The van der Waals surface area contributed by atoms with E-state index in [1.807, 2.05) is 6.92 Å². The lowest BCUT2D eigenvalue weighted by Crippen LogP contribution is -1.73. The van der Waals surface area contributed by atoms with Crippen LogP contribution in [0.4, 0.5) is 0 Å². The molecule has 1 aromatic heterocycles. The molecule has 1 heterocycles. The molecule has 0 aliphatic heterocycles. The van der Waals surface area contributed by atoms with E-state index >= 15 is 0 Å². The van der Waals surface area contributed by atoms with Crippen LogP contribution in [-0.4, -0.2) is 5.16 Å². The molecule has 0 aromatic carbocycles. The standard InChI is InChI=1S/C5H7NO/c1-2-5-3-4-7-6-5/h3-4H,2H2,1H3/i4D. The van der Waals surface area contributed by atoms with E-state index in [1.165, 1.54) is 0 Å². The van der Waals surface area contributed by atoms with Crippen molar-refractivity contribution in [1.82, 2.24) is 5.16 Å². The van der Waals surface area contributed by atoms with Gasteiger partial charge in [-0.2, -0.15) is 0 Å². The molecule has 0 aliphatic rings. The maximum absolute atomic E-state index is 6.89. The van der Waals surface area contributed by atoms with Crippen molar-refractivity contribution in [3.05, 3.63) is 18.0 Å². The van der Waals surface area contributed by atoms with Crippen molar-refractivity contribution in [3.63, 3.8) is 0 Å². The molecule has 0 aliphatic carbocycles. The number of hydrogen-bond acceptors (Lipinski definition) is 2. The first-order chi connectivity index (χ1) is 3.83. The Morgan fingerprint density at radius 1 is 2.14 bits per heavy atom. The van der Waals surface area contributed by atoms with Crippen LogP contribution in [0.2, 0.25) is 0 Å². The Hall–Kier alpha value is -0.790. The average molecular weight is 98.1 g/mol. The molecule has 1 rings (SSSR count). The Labute approximate surface area is 43.5 Å². The van der Waals surface area contributed by atoms with Crippen molar-refractivity contribution < 1.29 is 5.89 Å². The zero-order valence-corrected chi connectivity index (χ0v) is 4.14. The van der Waals surface area contributed by atoms with Crippen molar-refractivity contribution >= 4 is 0 Å². The zero-order chi connectivity index (χ0) is 5.98. The summed E-state index contributed by atoms with van der Waals surface area (Å²) >= 11 is 0. The minimum Gasteiger partial charge on any atom is -0.365 e. The highest BCUT2D eigenvalue weighted by atomic mass is 16.5. The highest BCUT2D eigenvalue weighted by Crippen LogP contribution is 1.92. The molecule has 38 valence electrons. The Morgan fingerprint density at radius 2 is 3.00 bits per heavy atom. The van der Waals surface area contributed by atoms with Gasteiger partial charge in [0.05, 0.1) is 5.69 Å². The maximum atomic E-state index is 6.89. The highest BCUT2D eigenvalue weighted by molar-refractivity contribution is 4.93. The molecule has 0 unspecified atom stereocenters. The monoisotopic (exact) mass is 98.1 g/mol. The Kier molecular flexibility index (Phi) is 0.823. The molecule has 0 amide bonds. The van der Waals surface area contributed by atoms with E-state index in [4.69, 9.17) is 1.37 Å². The summed E-state index contributed by atoms with van der Waals surface area (Å²) < 4.78 is 11.4. The van der Waals surface area contributed by atoms with Gasteiger partial charge in [0.2, 0.25) is 0 Å². The first-order valence-electron chi connectivity index (χ1n) is 2.75. The number of aromatic nitrogens is 1. The van der Waals surface area contributed by atoms with E-state index in [0.717, 1.165) is 12.1 Å². The van der Waals surface area contributed by atoms with Crippen LogP contribution in [0.25, 0.3) is 0 Å². The number of nitrogens with zero attached hydrogens (tertiary/aromatic N) is 1. The minimum atomic E-state index is 0.141. The van der Waals surface area contributed by atoms with Crippen molar-refractivity contribution in [2.24, 2.45) is 0 Å². The van der Waals surface area contributed by atoms with Crippen LogP contribution < -0.4 is 0 Å². The minimum absolute atomic E-state index is 0.141. The lowest BCUT2D eigenvalue weighted by atomic mass is 10.4. The van der Waals surface area contributed by atoms with Gasteiger partial charge in [0.25, 0.3) is 0 Å². The number of rotatable bonds is 1. The van der Waals surface area contributed by atoms with Crippen LogP contribution in [-0.2, 0) is 6.42 Å². The molecule has 0 saturated heterocycles. The van der Waals surface area contributed by atoms with Crippen LogP contribution in [0.1, 0.15) is 14.0 Å². The van der Waals surface area contributed by atoms with Crippen LogP contribution >= 0.6 is 0 Å². The summed E-state index contributed by atoms with van der Waals surface area (Å²) in [4.78, 5) is 0. The summed E-state index contributed by atoms with van der Waals surface area (Å²) in [7, 11) is 0. The molecule has 2 nitrogen and oxygen atoms in total. The SMILES string of the molecule is [2H]c1cc(CC)no1. The Morgan fingerprint density at radius 3 is 3.29 bits per heavy atom. The quantitative estimate of drug-likeness (QED) is 0.528. The molecule has 0 atom stereocenters. The second kappa shape index (κ2) is 1.78. The van der Waals surface area contributed by atoms with E-state index in [0.29, 0.717) is 0 Å². The van der Waals surface area contributed by atoms with E-state index < -0.39 is 0 Å². The van der Waals surface area contributed by atoms with Crippen molar-refractivity contribution in [2.75, 3.05) is 0 Å². The highest BCUT2D eigenvalue weighted by Gasteiger charge is 1.86. The fraction of sp³-hybridized carbons (Fsp3) is 0.400. The topological polar surface area (TPSA) is 26.0 Å². The van der Waals surface area contributed by atoms with Gasteiger partial charge in [-0.3, -0.25) is 0 Å². The molecular weight excluding hydrogens is 90.1 g/mol. The van der Waals surface area contributed by atoms with Gasteiger partial charge in [0.15, 0.2) is 0 Å². The second-order valence-electron chi connectivity index (χ2n) is 1.29. The van der Waals surface area contributed by atoms with Gasteiger partial charge in [0, 0.05) is 6.07 Å². The molecule has 0 fully saturated rings. The van der Waals surface area contributed by atoms with Gasteiger partial charge in [-0.25, -0.2) is 0 Å². The predicted molar refractivity (Wildman–Crippen MR) is 25.9 cm³/mol. The molecule has 7 heavy (non-hydrogen) atoms. The van der Waals surface area contributed by atoms with Crippen molar-refractivity contribution in [2.45, 2.75) is 13.3 Å². The molecule has 0 radical (unpaired) electrons. The summed E-state index contributed by atoms with van der Waals surface area (Å²) in [6.07, 6.45) is 0.976. The van der Waals surface area contributed by atoms with Crippen LogP contribution in [0.3, 0.4) is 0 Å². The van der Waals surface area contributed by atoms with E-state index in [-0.39, 0.29) is 6.24 Å². The van der Waals surface area contributed by atoms with Gasteiger partial charge >= 0.3 is 0 Å². The predicted octanol–water partition coefficient (Wildman–Crippen LogP) is 1.24. The second-order valence-corrected chi connectivity index (χ2v) is 1.29. The summed E-state index contributed by atoms with van der Waals surface area (Å²) in [6.45, 7) is 1.97. The molecule has 0 bridgehead atoms. The molecule has 1 aromatic rings. The fourth-order valence-electron chi connectivity index (χ4n) is 0.372. The summed E-state index contributed by atoms with van der Waals surface area (Å²) in [5, 5.41) is 3.57. The van der Waals surface area contributed by atoms with Gasteiger partial charge in [-0.05, 0) is 6.42 Å². The first-order valence-corrected chi connectivity index (χ1v) is 2.25. The lowest BCUT2D eigenvalue weighted by molar-refractivity contribution is 0.412. The fourth-order valence-corrected chi connectivity index (χ4v) is 0.372. The van der Waals surface area contributed by atoms with Gasteiger partial charge in [-0.15, -0.1) is 0 Å². The van der Waals surface area contributed by atoms with Crippen molar-refractivity contribution in [3.8, 4) is 0 Å². The largest absolute Gasteiger partial charge is 0.365 e. The van der Waals surface area contributed by atoms with E-state index in [9.17, 15) is 0 Å². The van der Waals surface area contributed by atoms with E-state index in [2.05, 4.69) is 9.68 Å². The lowest BCUT2D eigenvalue weighted by Gasteiger charge is -1.74. The first kappa shape index (κ1) is 3.24. The Bertz CT molecular complexity index is 173. The molecule has 0 saturated carbocycles. The maximum Gasteiger partial charge on any atom is 0.124 e. The third-order valence-electron chi connectivity index (χ3n) is 0.803. The van der Waals surface area contributed by atoms with E-state index in [1.54, 1.807) is 6.07 Å². The summed E-state index contributed by atoms with van der Waals surface area (Å²) in [6, 6.07) is 1.61. The summed E-state index contributed by atoms with van der Waals surface area (Å²) in [5.74, 6) is 0. The average Bonchev–Trinajstić information content (AvgIpc) is 2.14. The third-order valence-corrected chi connectivity index (χ3v) is 0.803. The van der Waals surface area contributed by atoms with Crippen LogP contribution in [0.5, 0.6) is 0 Å². The summed E-state index contributed by atoms with van der Waals surface area (Å²) in [5.41, 5.74) is 0.843. The molecule has 0 spiro atoms. The number of hydrogen-bond donors (Lipinski definition) is 0. The smallest absolute Gasteiger partial charge is 0.124 e. The van der Waals surface area contributed by atoms with Gasteiger partial charge in [0.1, 0.15) is 7.61 Å². The van der Waals surface area contributed by atoms with Crippen LogP contribution in [0.15, 0.2) is 16.8 Å². The van der Waals surface area contributed by atoms with Gasteiger partial charge in [-0.1, -0.05) is 12.1 Å². The Balaban J connectivity index is 2.84. The normalized spacial score (nSPS) is 11.3. The third kappa shape index (κ3) is 0.796. The van der Waals surface area contributed by atoms with Gasteiger partial charge < -0.3 is 4.52 Å². The zero-order valence-electron chi connectivity index (χ0n) is 5.14. The van der Waals surface area contributed by atoms with Crippen molar-refractivity contribution in [1.29, 1.82) is 0 Å². The molecule has 2 heteroatoms. The molecule has 0 N–H and O–H groups in total. The molecular formula is C5H7NO. The van der Waals surface area contributed by atoms with Crippen LogP contribution in [0, 0.1) is 0 Å². The number of aryl methyl sites for hydroxylation is 1.